The summed E-state index contributed by atoms with van der Waals surface area (Å²) in [5.74, 6) is 0. The number of aliphatic hydroxyl groups is 2. The van der Waals surface area contributed by atoms with E-state index < -0.39 is 25.0 Å². The van der Waals surface area contributed by atoms with Crippen LogP contribution < -0.4 is 0 Å². The van der Waals surface area contributed by atoms with Gasteiger partial charge in [-0.25, -0.2) is 0 Å². The highest BCUT2D eigenvalue weighted by Gasteiger charge is 2.29. The molecule has 1 fully saturated rings. The van der Waals surface area contributed by atoms with Crippen LogP contribution in [0.5, 0.6) is 0 Å². The molecule has 0 aliphatic carbocycles. The van der Waals surface area contributed by atoms with Crippen LogP contribution in [0.1, 0.15) is 6.42 Å². The predicted molar refractivity (Wildman–Crippen MR) is 49.9 cm³/mol. The molecule has 1 aliphatic rings. The van der Waals surface area contributed by atoms with Gasteiger partial charge in [-0.3, -0.25) is 4.90 Å². The first kappa shape index (κ1) is 13.7. The minimum atomic E-state index is -4.28. The topological polar surface area (TPSA) is 52.9 Å². The molecular weight excluding hydrogens is 227 g/mol. The largest absolute Gasteiger partial charge is 0.411 e. The van der Waals surface area contributed by atoms with Crippen LogP contribution in [0.15, 0.2) is 0 Å². The van der Waals surface area contributed by atoms with Crippen LogP contribution in [0.25, 0.3) is 0 Å². The fourth-order valence-electron chi connectivity index (χ4n) is 1.61. The zero-order valence-corrected chi connectivity index (χ0v) is 8.78. The summed E-state index contributed by atoms with van der Waals surface area (Å²) in [4.78, 5) is 1.80. The Labute approximate surface area is 91.6 Å². The Morgan fingerprint density at radius 1 is 1.19 bits per heavy atom. The molecule has 0 saturated carbocycles. The molecule has 0 unspecified atom stereocenters. The monoisotopic (exact) mass is 243 g/mol. The van der Waals surface area contributed by atoms with Crippen LogP contribution in [0.2, 0.25) is 0 Å². The molecule has 2 atom stereocenters. The van der Waals surface area contributed by atoms with E-state index in [1.807, 2.05) is 0 Å². The Hall–Kier alpha value is -0.370. The molecule has 0 aromatic carbocycles. The first-order valence-corrected chi connectivity index (χ1v) is 5.11. The summed E-state index contributed by atoms with van der Waals surface area (Å²) in [5.41, 5.74) is 0. The predicted octanol–water partition coefficient (Wildman–Crippen LogP) is -0.00720. The summed E-state index contributed by atoms with van der Waals surface area (Å²) in [5, 5.41) is 18.4. The summed E-state index contributed by atoms with van der Waals surface area (Å²) < 4.78 is 39.5. The molecular formula is C9H16F3NO3. The molecule has 1 rings (SSSR count). The van der Waals surface area contributed by atoms with Gasteiger partial charge < -0.3 is 14.9 Å². The summed E-state index contributed by atoms with van der Waals surface area (Å²) >= 11 is 0. The Bertz CT molecular complexity index is 203. The van der Waals surface area contributed by atoms with Crippen molar-refractivity contribution < 1.29 is 28.1 Å². The SMILES string of the molecule is O[C@@H]1CN(CCCOCC(F)(F)F)C[C@@H]1O. The average molecular weight is 243 g/mol. The van der Waals surface area contributed by atoms with Crippen molar-refractivity contribution >= 4 is 0 Å². The van der Waals surface area contributed by atoms with Gasteiger partial charge in [-0.15, -0.1) is 0 Å². The molecule has 0 amide bonds. The number of aliphatic hydroxyl groups excluding tert-OH is 2. The third kappa shape index (κ3) is 5.11. The maximum absolute atomic E-state index is 11.7. The van der Waals surface area contributed by atoms with E-state index in [1.165, 1.54) is 0 Å². The molecule has 0 bridgehead atoms. The third-order valence-corrected chi connectivity index (χ3v) is 2.36. The average Bonchev–Trinajstić information content (AvgIpc) is 2.44. The molecule has 1 heterocycles. The van der Waals surface area contributed by atoms with Crippen molar-refractivity contribution in [1.29, 1.82) is 0 Å². The lowest BCUT2D eigenvalue weighted by Crippen LogP contribution is -2.25. The maximum atomic E-state index is 11.7. The van der Waals surface area contributed by atoms with Crippen molar-refractivity contribution in [1.82, 2.24) is 4.90 Å². The van der Waals surface area contributed by atoms with E-state index in [4.69, 9.17) is 0 Å². The fraction of sp³-hybridized carbons (Fsp3) is 1.00. The number of likely N-dealkylation sites (tertiary alicyclic amines) is 1. The number of rotatable bonds is 5. The Kier molecular flexibility index (Phi) is 4.97. The van der Waals surface area contributed by atoms with Crippen molar-refractivity contribution in [2.75, 3.05) is 32.8 Å². The van der Waals surface area contributed by atoms with E-state index in [-0.39, 0.29) is 6.61 Å². The van der Waals surface area contributed by atoms with Gasteiger partial charge in [-0.2, -0.15) is 13.2 Å². The van der Waals surface area contributed by atoms with Crippen molar-refractivity contribution in [2.45, 2.75) is 24.8 Å². The van der Waals surface area contributed by atoms with E-state index in [2.05, 4.69) is 4.74 Å². The van der Waals surface area contributed by atoms with Gasteiger partial charge in [0.1, 0.15) is 6.61 Å². The minimum Gasteiger partial charge on any atom is -0.389 e. The number of hydrogen-bond donors (Lipinski definition) is 2. The second-order valence-corrected chi connectivity index (χ2v) is 3.92. The standard InChI is InChI=1S/C9H16F3NO3/c10-9(11,12)6-16-3-1-2-13-4-7(14)8(15)5-13/h7-8,14-15H,1-6H2/t7-,8+. The smallest absolute Gasteiger partial charge is 0.389 e. The van der Waals surface area contributed by atoms with Crippen molar-refractivity contribution in [3.8, 4) is 0 Å². The van der Waals surface area contributed by atoms with Gasteiger partial charge in [0.25, 0.3) is 0 Å². The molecule has 1 aliphatic heterocycles. The summed E-state index contributed by atoms with van der Waals surface area (Å²) in [6.45, 7) is 0.0489. The van der Waals surface area contributed by atoms with Crippen molar-refractivity contribution in [2.24, 2.45) is 0 Å². The summed E-state index contributed by atoms with van der Waals surface area (Å²) in [7, 11) is 0. The molecule has 0 radical (unpaired) electrons. The van der Waals surface area contributed by atoms with Crippen LogP contribution >= 0.6 is 0 Å². The summed E-state index contributed by atoms with van der Waals surface area (Å²) in [6.07, 6.45) is -5.33. The molecule has 0 spiro atoms. The highest BCUT2D eigenvalue weighted by molar-refractivity contribution is 4.82. The number of hydrogen-bond acceptors (Lipinski definition) is 4. The van der Waals surface area contributed by atoms with Crippen LogP contribution in [-0.2, 0) is 4.74 Å². The van der Waals surface area contributed by atoms with Crippen molar-refractivity contribution in [3.63, 3.8) is 0 Å². The van der Waals surface area contributed by atoms with Gasteiger partial charge in [-0.05, 0) is 6.42 Å². The molecule has 96 valence electrons. The van der Waals surface area contributed by atoms with Crippen LogP contribution in [-0.4, -0.2) is 66.3 Å². The van der Waals surface area contributed by atoms with Crippen LogP contribution in [0.4, 0.5) is 13.2 Å². The Morgan fingerprint density at radius 3 is 2.25 bits per heavy atom. The van der Waals surface area contributed by atoms with Crippen LogP contribution in [0, 0.1) is 0 Å². The van der Waals surface area contributed by atoms with E-state index in [0.29, 0.717) is 26.1 Å². The molecule has 16 heavy (non-hydrogen) atoms. The number of alkyl halides is 3. The van der Waals surface area contributed by atoms with E-state index in [9.17, 15) is 23.4 Å². The van der Waals surface area contributed by atoms with E-state index in [0.717, 1.165) is 0 Å². The lowest BCUT2D eigenvalue weighted by Gasteiger charge is -2.14. The molecule has 4 nitrogen and oxygen atoms in total. The molecule has 1 saturated heterocycles. The van der Waals surface area contributed by atoms with Gasteiger partial charge in [-0.1, -0.05) is 0 Å². The Morgan fingerprint density at radius 2 is 1.75 bits per heavy atom. The maximum Gasteiger partial charge on any atom is 0.411 e. The van der Waals surface area contributed by atoms with Crippen molar-refractivity contribution in [3.05, 3.63) is 0 Å². The lowest BCUT2D eigenvalue weighted by atomic mass is 10.3. The number of nitrogens with zero attached hydrogens (tertiary/aromatic N) is 1. The quantitative estimate of drug-likeness (QED) is 0.667. The molecule has 7 heteroatoms. The first-order valence-electron chi connectivity index (χ1n) is 5.11. The van der Waals surface area contributed by atoms with Gasteiger partial charge in [0.2, 0.25) is 0 Å². The van der Waals surface area contributed by atoms with Gasteiger partial charge in [0.15, 0.2) is 0 Å². The van der Waals surface area contributed by atoms with Gasteiger partial charge in [0.05, 0.1) is 12.2 Å². The highest BCUT2D eigenvalue weighted by atomic mass is 19.4. The second kappa shape index (κ2) is 5.81. The van der Waals surface area contributed by atoms with E-state index in [1.54, 1.807) is 4.90 Å². The molecule has 2 N–H and O–H groups in total. The second-order valence-electron chi connectivity index (χ2n) is 3.92. The van der Waals surface area contributed by atoms with Gasteiger partial charge >= 0.3 is 6.18 Å². The number of halogens is 3. The number of β-amino-alcohol motifs (C(OH)–C–C–N with tert-alkyl or cyclic N) is 2. The highest BCUT2D eigenvalue weighted by Crippen LogP contribution is 2.14. The summed E-state index contributed by atoms with van der Waals surface area (Å²) in [6, 6.07) is 0. The molecule has 0 aromatic heterocycles. The van der Waals surface area contributed by atoms with Gasteiger partial charge in [0, 0.05) is 26.2 Å². The lowest BCUT2D eigenvalue weighted by molar-refractivity contribution is -0.174. The minimum absolute atomic E-state index is 0.0300. The zero-order valence-electron chi connectivity index (χ0n) is 8.78. The van der Waals surface area contributed by atoms with E-state index >= 15 is 0 Å². The van der Waals surface area contributed by atoms with Crippen LogP contribution in [0.3, 0.4) is 0 Å². The zero-order chi connectivity index (χ0) is 12.2. The first-order chi connectivity index (χ1) is 7.38. The fourth-order valence-corrected chi connectivity index (χ4v) is 1.61. The number of ether oxygens (including phenoxy) is 1. The third-order valence-electron chi connectivity index (χ3n) is 2.36. The molecule has 0 aromatic rings. The Balaban J connectivity index is 2.00. The normalized spacial score (nSPS) is 27.6.